The number of nitrogens with two attached hydrogens (primary N) is 1. The van der Waals surface area contributed by atoms with Gasteiger partial charge in [0.1, 0.15) is 11.5 Å². The number of anilines is 2. The van der Waals surface area contributed by atoms with Crippen molar-refractivity contribution in [1.29, 1.82) is 0 Å². The Hall–Kier alpha value is -1.56. The van der Waals surface area contributed by atoms with Crippen LogP contribution in [0.5, 0.6) is 5.88 Å². The van der Waals surface area contributed by atoms with Crippen molar-refractivity contribution in [2.24, 2.45) is 0 Å². The maximum Gasteiger partial charge on any atom is 0.242 e. The molecule has 0 fully saturated rings. The molecule has 3 N–H and O–H groups in total. The van der Waals surface area contributed by atoms with Gasteiger partial charge < -0.3 is 20.7 Å². The second-order valence-corrected chi connectivity index (χ2v) is 6.44. The van der Waals surface area contributed by atoms with Crippen molar-refractivity contribution in [2.75, 3.05) is 44.8 Å². The SMILES string of the molecule is CCCOc1nc(C(C)(C)C)nc(NCCN(C)C)c1N. The molecule has 1 heterocycles. The number of hydrogen-bond acceptors (Lipinski definition) is 6. The van der Waals surface area contributed by atoms with E-state index in [1.807, 2.05) is 14.1 Å². The number of nitrogen functional groups attached to an aromatic ring is 1. The molecule has 0 aliphatic rings. The number of nitrogens with one attached hydrogen (secondary N) is 1. The maximum absolute atomic E-state index is 6.13. The summed E-state index contributed by atoms with van der Waals surface area (Å²) in [6, 6.07) is 0. The van der Waals surface area contributed by atoms with Crippen molar-refractivity contribution < 1.29 is 4.74 Å². The summed E-state index contributed by atoms with van der Waals surface area (Å²) < 4.78 is 5.66. The third-order valence-corrected chi connectivity index (χ3v) is 2.88. The van der Waals surface area contributed by atoms with Crippen molar-refractivity contribution >= 4 is 11.5 Å². The predicted octanol–water partition coefficient (Wildman–Crippen LogP) is 2.12. The van der Waals surface area contributed by atoms with E-state index in [-0.39, 0.29) is 5.41 Å². The summed E-state index contributed by atoms with van der Waals surface area (Å²) in [5, 5.41) is 3.28. The van der Waals surface area contributed by atoms with E-state index in [4.69, 9.17) is 10.5 Å². The number of aromatic nitrogens is 2. The lowest BCUT2D eigenvalue weighted by Gasteiger charge is -2.21. The highest BCUT2D eigenvalue weighted by Crippen LogP contribution is 2.30. The smallest absolute Gasteiger partial charge is 0.242 e. The minimum Gasteiger partial charge on any atom is -0.476 e. The molecule has 0 aliphatic heterocycles. The molecule has 0 radical (unpaired) electrons. The molecule has 6 nitrogen and oxygen atoms in total. The van der Waals surface area contributed by atoms with Gasteiger partial charge in [-0.05, 0) is 20.5 Å². The summed E-state index contributed by atoms with van der Waals surface area (Å²) in [7, 11) is 4.06. The van der Waals surface area contributed by atoms with Crippen LogP contribution in [0, 0.1) is 0 Å². The Balaban J connectivity index is 3.03. The van der Waals surface area contributed by atoms with Crippen LogP contribution in [0.3, 0.4) is 0 Å². The van der Waals surface area contributed by atoms with Gasteiger partial charge in [0.05, 0.1) is 6.61 Å². The number of nitrogens with zero attached hydrogens (tertiary/aromatic N) is 3. The zero-order chi connectivity index (χ0) is 16.0. The topological polar surface area (TPSA) is 76.3 Å². The molecular weight excluding hydrogens is 266 g/mol. The lowest BCUT2D eigenvalue weighted by atomic mass is 9.96. The van der Waals surface area contributed by atoms with Gasteiger partial charge >= 0.3 is 0 Å². The Morgan fingerprint density at radius 3 is 2.43 bits per heavy atom. The van der Waals surface area contributed by atoms with Crippen LogP contribution in [0.4, 0.5) is 11.5 Å². The first-order chi connectivity index (χ1) is 9.75. The second-order valence-electron chi connectivity index (χ2n) is 6.44. The van der Waals surface area contributed by atoms with E-state index in [9.17, 15) is 0 Å². The fourth-order valence-corrected chi connectivity index (χ4v) is 1.63. The van der Waals surface area contributed by atoms with Crippen LogP contribution in [0.15, 0.2) is 0 Å². The van der Waals surface area contributed by atoms with Gasteiger partial charge in [-0.1, -0.05) is 27.7 Å². The fourth-order valence-electron chi connectivity index (χ4n) is 1.63. The van der Waals surface area contributed by atoms with Crippen LogP contribution in [0.1, 0.15) is 39.9 Å². The van der Waals surface area contributed by atoms with Crippen molar-refractivity contribution in [3.8, 4) is 5.88 Å². The normalized spacial score (nSPS) is 11.8. The molecule has 1 aromatic heterocycles. The van der Waals surface area contributed by atoms with Gasteiger partial charge in [-0.15, -0.1) is 0 Å². The first kappa shape index (κ1) is 17.5. The van der Waals surface area contributed by atoms with E-state index in [2.05, 4.69) is 47.9 Å². The Morgan fingerprint density at radius 2 is 1.90 bits per heavy atom. The van der Waals surface area contributed by atoms with Crippen molar-refractivity contribution in [2.45, 2.75) is 39.5 Å². The Morgan fingerprint density at radius 1 is 1.24 bits per heavy atom. The summed E-state index contributed by atoms with van der Waals surface area (Å²) >= 11 is 0. The molecule has 0 aliphatic carbocycles. The molecule has 0 amide bonds. The monoisotopic (exact) mass is 295 g/mol. The maximum atomic E-state index is 6.13. The van der Waals surface area contributed by atoms with Gasteiger partial charge in [-0.25, -0.2) is 4.98 Å². The zero-order valence-electron chi connectivity index (χ0n) is 14.2. The summed E-state index contributed by atoms with van der Waals surface area (Å²) in [6.07, 6.45) is 0.914. The highest BCUT2D eigenvalue weighted by atomic mass is 16.5. The predicted molar refractivity (Wildman–Crippen MR) is 88.0 cm³/mol. The molecule has 1 aromatic rings. The molecule has 1 rings (SSSR count). The highest BCUT2D eigenvalue weighted by Gasteiger charge is 2.22. The van der Waals surface area contributed by atoms with E-state index in [1.165, 1.54) is 0 Å². The number of rotatable bonds is 7. The lowest BCUT2D eigenvalue weighted by molar-refractivity contribution is 0.303. The number of likely N-dealkylation sites (N-methyl/N-ethyl adjacent to an activating group) is 1. The average molecular weight is 295 g/mol. The molecule has 0 saturated carbocycles. The third-order valence-electron chi connectivity index (χ3n) is 2.88. The van der Waals surface area contributed by atoms with E-state index in [0.717, 1.165) is 25.3 Å². The van der Waals surface area contributed by atoms with Crippen LogP contribution in [0.25, 0.3) is 0 Å². The molecule has 120 valence electrons. The van der Waals surface area contributed by atoms with E-state index < -0.39 is 0 Å². The first-order valence-electron chi connectivity index (χ1n) is 7.45. The number of hydrogen-bond donors (Lipinski definition) is 2. The molecule has 0 saturated heterocycles. The lowest BCUT2D eigenvalue weighted by Crippen LogP contribution is -2.23. The van der Waals surface area contributed by atoms with E-state index >= 15 is 0 Å². The Labute approximate surface area is 128 Å². The van der Waals surface area contributed by atoms with Gasteiger partial charge in [0.25, 0.3) is 0 Å². The van der Waals surface area contributed by atoms with Crippen LogP contribution >= 0.6 is 0 Å². The summed E-state index contributed by atoms with van der Waals surface area (Å²) in [5.41, 5.74) is 6.45. The molecule has 21 heavy (non-hydrogen) atoms. The van der Waals surface area contributed by atoms with Crippen LogP contribution in [-0.4, -0.2) is 48.7 Å². The van der Waals surface area contributed by atoms with Crippen molar-refractivity contribution in [3.63, 3.8) is 0 Å². The molecule has 0 unspecified atom stereocenters. The summed E-state index contributed by atoms with van der Waals surface area (Å²) in [4.78, 5) is 11.1. The van der Waals surface area contributed by atoms with Gasteiger partial charge in [0.2, 0.25) is 5.88 Å². The van der Waals surface area contributed by atoms with Gasteiger partial charge in [0, 0.05) is 18.5 Å². The summed E-state index contributed by atoms with van der Waals surface area (Å²) in [5.74, 6) is 1.86. The van der Waals surface area contributed by atoms with Gasteiger partial charge in [0.15, 0.2) is 5.82 Å². The second kappa shape index (κ2) is 7.45. The Kier molecular flexibility index (Phi) is 6.20. The van der Waals surface area contributed by atoms with Gasteiger partial charge in [-0.2, -0.15) is 4.98 Å². The van der Waals surface area contributed by atoms with Crippen LogP contribution < -0.4 is 15.8 Å². The standard InChI is InChI=1S/C15H29N5O/c1-7-10-21-13-11(16)12(17-8-9-20(5)6)18-14(19-13)15(2,3)4/h7-10,16H2,1-6H3,(H,17,18,19). The van der Waals surface area contributed by atoms with Gasteiger partial charge in [-0.3, -0.25) is 0 Å². The molecule has 0 bridgehead atoms. The van der Waals surface area contributed by atoms with Crippen molar-refractivity contribution in [1.82, 2.24) is 14.9 Å². The first-order valence-corrected chi connectivity index (χ1v) is 7.45. The van der Waals surface area contributed by atoms with E-state index in [1.54, 1.807) is 0 Å². The quantitative estimate of drug-likeness (QED) is 0.802. The number of ether oxygens (including phenoxy) is 1. The molecular formula is C15H29N5O. The van der Waals surface area contributed by atoms with Crippen LogP contribution in [0.2, 0.25) is 0 Å². The fraction of sp³-hybridized carbons (Fsp3) is 0.733. The third kappa shape index (κ3) is 5.38. The largest absolute Gasteiger partial charge is 0.476 e. The van der Waals surface area contributed by atoms with Crippen molar-refractivity contribution in [3.05, 3.63) is 5.82 Å². The highest BCUT2D eigenvalue weighted by molar-refractivity contribution is 5.67. The minimum atomic E-state index is -0.157. The molecule has 0 spiro atoms. The molecule has 0 aromatic carbocycles. The zero-order valence-corrected chi connectivity index (χ0v) is 14.2. The van der Waals surface area contributed by atoms with Crippen LogP contribution in [-0.2, 0) is 5.41 Å². The van der Waals surface area contributed by atoms with E-state index in [0.29, 0.717) is 24.0 Å². The average Bonchev–Trinajstić information content (AvgIpc) is 2.37. The molecule has 6 heteroatoms. The summed E-state index contributed by atoms with van der Waals surface area (Å²) in [6.45, 7) is 10.5. The minimum absolute atomic E-state index is 0.157. The molecule has 0 atom stereocenters. The Bertz CT molecular complexity index is 454.